The SMILES string of the molecule is CCC(=N)c1cc(Cl)ccc1N.CCCC(=O)c1cccc(C(O)c2ccc(Cn3ccccc3=O)cc2)c1. The number of aliphatic hydroxyl groups excluding tert-OH is 1. The minimum atomic E-state index is -0.798. The molecule has 1 heterocycles. The Kier molecular flexibility index (Phi) is 10.8. The van der Waals surface area contributed by atoms with Gasteiger partial charge in [0.15, 0.2) is 5.78 Å². The van der Waals surface area contributed by atoms with E-state index in [1.807, 2.05) is 50.2 Å². The van der Waals surface area contributed by atoms with E-state index in [0.29, 0.717) is 46.9 Å². The molecule has 4 N–H and O–H groups in total. The van der Waals surface area contributed by atoms with Gasteiger partial charge in [-0.25, -0.2) is 0 Å². The van der Waals surface area contributed by atoms with E-state index in [1.54, 1.807) is 53.2 Å². The predicted octanol–water partition coefficient (Wildman–Crippen LogP) is 6.66. The summed E-state index contributed by atoms with van der Waals surface area (Å²) >= 11 is 5.77. The van der Waals surface area contributed by atoms with Crippen molar-refractivity contribution < 1.29 is 9.90 Å². The number of benzene rings is 3. The molecule has 1 unspecified atom stereocenters. The number of rotatable bonds is 9. The molecule has 0 fully saturated rings. The van der Waals surface area contributed by atoms with E-state index in [9.17, 15) is 14.7 Å². The molecule has 1 aromatic heterocycles. The molecular formula is C32H34ClN3O3. The molecule has 3 aromatic carbocycles. The van der Waals surface area contributed by atoms with Gasteiger partial charge in [-0.3, -0.25) is 9.59 Å². The van der Waals surface area contributed by atoms with Gasteiger partial charge in [-0.15, -0.1) is 0 Å². The van der Waals surface area contributed by atoms with Crippen molar-refractivity contribution in [3.63, 3.8) is 0 Å². The fourth-order valence-electron chi connectivity index (χ4n) is 4.02. The maximum absolute atomic E-state index is 12.1. The summed E-state index contributed by atoms with van der Waals surface area (Å²) in [6.07, 6.45) is 2.94. The molecule has 0 radical (unpaired) electrons. The van der Waals surface area contributed by atoms with Crippen LogP contribution >= 0.6 is 11.6 Å². The number of anilines is 1. The summed E-state index contributed by atoms with van der Waals surface area (Å²) in [4.78, 5) is 23.9. The van der Waals surface area contributed by atoms with Crippen molar-refractivity contribution in [3.8, 4) is 0 Å². The molecule has 39 heavy (non-hydrogen) atoms. The highest BCUT2D eigenvalue weighted by molar-refractivity contribution is 6.31. The van der Waals surface area contributed by atoms with Gasteiger partial charge >= 0.3 is 0 Å². The smallest absolute Gasteiger partial charge is 0.250 e. The number of nitrogen functional groups attached to an aromatic ring is 1. The lowest BCUT2D eigenvalue weighted by atomic mass is 9.97. The Bertz CT molecular complexity index is 1480. The molecule has 7 heteroatoms. The van der Waals surface area contributed by atoms with Crippen LogP contribution in [-0.2, 0) is 6.54 Å². The number of Topliss-reactive ketones (excluding diaryl/α,β-unsaturated/α-hetero) is 1. The van der Waals surface area contributed by atoms with Crippen LogP contribution in [-0.4, -0.2) is 21.2 Å². The summed E-state index contributed by atoms with van der Waals surface area (Å²) in [5.74, 6) is 0.0928. The van der Waals surface area contributed by atoms with Gasteiger partial charge in [0.1, 0.15) is 6.10 Å². The molecule has 4 aromatic rings. The van der Waals surface area contributed by atoms with Crippen LogP contribution in [0.1, 0.15) is 71.8 Å². The van der Waals surface area contributed by atoms with Crippen LogP contribution in [0.5, 0.6) is 0 Å². The number of aromatic nitrogens is 1. The van der Waals surface area contributed by atoms with E-state index in [1.165, 1.54) is 6.07 Å². The zero-order valence-corrected chi connectivity index (χ0v) is 23.0. The first kappa shape index (κ1) is 29.6. The van der Waals surface area contributed by atoms with Crippen LogP contribution in [0.3, 0.4) is 0 Å². The maximum Gasteiger partial charge on any atom is 0.250 e. The van der Waals surface area contributed by atoms with Crippen molar-refractivity contribution in [2.45, 2.75) is 45.8 Å². The third kappa shape index (κ3) is 8.24. The Balaban J connectivity index is 0.000000293. The number of carbonyl (C=O) groups excluding carboxylic acids is 1. The number of hydrogen-bond donors (Lipinski definition) is 3. The van der Waals surface area contributed by atoms with Gasteiger partial charge in [0.05, 0.1) is 6.54 Å². The van der Waals surface area contributed by atoms with Crippen molar-refractivity contribution in [2.24, 2.45) is 0 Å². The van der Waals surface area contributed by atoms with Gasteiger partial charge in [0.25, 0.3) is 5.56 Å². The van der Waals surface area contributed by atoms with Crippen LogP contribution in [0.2, 0.25) is 5.02 Å². The molecule has 0 aliphatic heterocycles. The van der Waals surface area contributed by atoms with Gasteiger partial charge in [-0.2, -0.15) is 0 Å². The van der Waals surface area contributed by atoms with Crippen LogP contribution in [0.15, 0.2) is 95.9 Å². The van der Waals surface area contributed by atoms with Crippen molar-refractivity contribution >= 4 is 28.8 Å². The Hall–Kier alpha value is -4.00. The number of hydrogen-bond acceptors (Lipinski definition) is 5. The second kappa shape index (κ2) is 14.2. The fourth-order valence-corrected chi connectivity index (χ4v) is 4.19. The Morgan fingerprint density at radius 1 is 0.974 bits per heavy atom. The molecular weight excluding hydrogens is 510 g/mol. The lowest BCUT2D eigenvalue weighted by Gasteiger charge is -2.14. The van der Waals surface area contributed by atoms with Crippen LogP contribution in [0, 0.1) is 5.41 Å². The first-order chi connectivity index (χ1) is 18.7. The second-order valence-electron chi connectivity index (χ2n) is 9.17. The van der Waals surface area contributed by atoms with E-state index in [0.717, 1.165) is 23.1 Å². The van der Waals surface area contributed by atoms with E-state index in [4.69, 9.17) is 22.7 Å². The average molecular weight is 544 g/mol. The second-order valence-corrected chi connectivity index (χ2v) is 9.61. The van der Waals surface area contributed by atoms with Gasteiger partial charge in [-0.1, -0.05) is 74.0 Å². The Morgan fingerprint density at radius 2 is 1.72 bits per heavy atom. The fraction of sp³-hybridized carbons (Fsp3) is 0.219. The number of ketones is 1. The summed E-state index contributed by atoms with van der Waals surface area (Å²) in [6, 6.07) is 25.0. The number of nitrogens with two attached hydrogens (primary N) is 1. The predicted molar refractivity (Wildman–Crippen MR) is 159 cm³/mol. The van der Waals surface area contributed by atoms with E-state index < -0.39 is 6.10 Å². The molecule has 0 aliphatic rings. The van der Waals surface area contributed by atoms with Crippen LogP contribution in [0.25, 0.3) is 0 Å². The Labute approximate surface area is 234 Å². The number of nitrogens with one attached hydrogen (secondary N) is 1. The summed E-state index contributed by atoms with van der Waals surface area (Å²) in [5, 5.41) is 18.9. The van der Waals surface area contributed by atoms with Crippen molar-refractivity contribution in [1.29, 1.82) is 5.41 Å². The van der Waals surface area contributed by atoms with Gasteiger partial charge in [-0.05, 0) is 59.9 Å². The molecule has 0 saturated carbocycles. The molecule has 6 nitrogen and oxygen atoms in total. The first-order valence-electron chi connectivity index (χ1n) is 12.9. The number of nitrogens with zero attached hydrogens (tertiary/aromatic N) is 1. The van der Waals surface area contributed by atoms with E-state index in [2.05, 4.69) is 0 Å². The van der Waals surface area contributed by atoms with E-state index >= 15 is 0 Å². The lowest BCUT2D eigenvalue weighted by Crippen LogP contribution is -2.18. The van der Waals surface area contributed by atoms with Crippen molar-refractivity contribution in [2.75, 3.05) is 5.73 Å². The quantitative estimate of drug-likeness (QED) is 0.124. The highest BCUT2D eigenvalue weighted by Crippen LogP contribution is 2.24. The summed E-state index contributed by atoms with van der Waals surface area (Å²) < 4.78 is 1.63. The van der Waals surface area contributed by atoms with Gasteiger partial charge < -0.3 is 20.8 Å². The normalized spacial score (nSPS) is 11.3. The zero-order chi connectivity index (χ0) is 28.4. The molecule has 202 valence electrons. The van der Waals surface area contributed by atoms with Crippen molar-refractivity contribution in [1.82, 2.24) is 4.57 Å². The van der Waals surface area contributed by atoms with Crippen molar-refractivity contribution in [3.05, 3.63) is 134 Å². The third-order valence-electron chi connectivity index (χ3n) is 6.24. The van der Waals surface area contributed by atoms with Gasteiger partial charge in [0, 0.05) is 46.2 Å². The third-order valence-corrected chi connectivity index (χ3v) is 6.48. The number of halogens is 1. The standard InChI is InChI=1S/C23H23NO3.C9H11ClN2/c1-2-6-21(25)19-7-5-8-20(15-19)23(27)18-12-10-17(11-13-18)16-24-14-4-3-9-22(24)26;1-2-8(11)7-5-6(10)3-4-9(7)12/h3-5,7-15,23,27H,2,6,16H2,1H3;3-5,11H,2,12H2,1H3. The lowest BCUT2D eigenvalue weighted by molar-refractivity contribution is 0.0981. The molecule has 0 amide bonds. The highest BCUT2D eigenvalue weighted by Gasteiger charge is 2.13. The maximum atomic E-state index is 12.1. The average Bonchev–Trinajstić information content (AvgIpc) is 2.95. The first-order valence-corrected chi connectivity index (χ1v) is 13.3. The minimum Gasteiger partial charge on any atom is -0.398 e. The Morgan fingerprint density at radius 3 is 2.38 bits per heavy atom. The topological polar surface area (TPSA) is 109 Å². The number of carbonyl (C=O) groups is 1. The zero-order valence-electron chi connectivity index (χ0n) is 22.2. The summed E-state index contributed by atoms with van der Waals surface area (Å²) in [6.45, 7) is 4.38. The highest BCUT2D eigenvalue weighted by atomic mass is 35.5. The largest absolute Gasteiger partial charge is 0.398 e. The monoisotopic (exact) mass is 543 g/mol. The molecule has 0 bridgehead atoms. The number of aliphatic hydroxyl groups is 1. The van der Waals surface area contributed by atoms with Gasteiger partial charge in [0.2, 0.25) is 0 Å². The molecule has 0 aliphatic carbocycles. The summed E-state index contributed by atoms with van der Waals surface area (Å²) in [7, 11) is 0. The van der Waals surface area contributed by atoms with Crippen LogP contribution < -0.4 is 11.3 Å². The number of pyridine rings is 1. The molecule has 0 spiro atoms. The molecule has 4 rings (SSSR count). The van der Waals surface area contributed by atoms with E-state index in [-0.39, 0.29) is 11.3 Å². The minimum absolute atomic E-state index is 0.0461. The molecule has 1 atom stereocenters. The molecule has 0 saturated heterocycles. The van der Waals surface area contributed by atoms with Crippen LogP contribution in [0.4, 0.5) is 5.69 Å². The summed E-state index contributed by atoms with van der Waals surface area (Å²) in [5.41, 5.74) is 10.6.